The minimum absolute atomic E-state index is 0.0857. The van der Waals surface area contributed by atoms with Crippen LogP contribution in [0.1, 0.15) is 53.4 Å². The number of benzene rings is 1. The molecule has 0 aromatic heterocycles. The van der Waals surface area contributed by atoms with Gasteiger partial charge in [0.2, 0.25) is 0 Å². The second-order valence-corrected chi connectivity index (χ2v) is 10.8. The van der Waals surface area contributed by atoms with Crippen molar-refractivity contribution in [2.75, 3.05) is 5.75 Å². The van der Waals surface area contributed by atoms with Gasteiger partial charge in [-0.2, -0.15) is 0 Å². The molecule has 1 aromatic carbocycles. The lowest BCUT2D eigenvalue weighted by atomic mass is 9.49. The first-order valence-electron chi connectivity index (χ1n) is 9.11. The normalized spacial score (nSPS) is 32.8. The van der Waals surface area contributed by atoms with Gasteiger partial charge in [0, 0.05) is 0 Å². The zero-order valence-corrected chi connectivity index (χ0v) is 16.2. The SMILES string of the molecule is CC1=CCC2C(C)(C)CCC[C@]2(C)[C@@H]1CS(=O)(=O)c1ccccc1. The van der Waals surface area contributed by atoms with E-state index in [1.165, 1.54) is 18.4 Å². The van der Waals surface area contributed by atoms with E-state index >= 15 is 0 Å². The van der Waals surface area contributed by atoms with Gasteiger partial charge in [0.25, 0.3) is 0 Å². The van der Waals surface area contributed by atoms with E-state index in [1.807, 2.05) is 18.2 Å². The molecule has 2 aliphatic rings. The summed E-state index contributed by atoms with van der Waals surface area (Å²) in [5, 5.41) is 0. The molecule has 0 amide bonds. The fourth-order valence-electron chi connectivity index (χ4n) is 5.40. The average Bonchev–Trinajstić information content (AvgIpc) is 2.51. The molecule has 1 aromatic rings. The van der Waals surface area contributed by atoms with Gasteiger partial charge in [0.15, 0.2) is 9.84 Å². The van der Waals surface area contributed by atoms with Gasteiger partial charge < -0.3 is 0 Å². The van der Waals surface area contributed by atoms with E-state index in [0.717, 1.165) is 12.8 Å². The molecule has 0 N–H and O–H groups in total. The van der Waals surface area contributed by atoms with Crippen LogP contribution in [-0.4, -0.2) is 14.2 Å². The molecule has 2 aliphatic carbocycles. The van der Waals surface area contributed by atoms with Crippen molar-refractivity contribution in [1.82, 2.24) is 0 Å². The van der Waals surface area contributed by atoms with Crippen molar-refractivity contribution in [2.24, 2.45) is 22.7 Å². The summed E-state index contributed by atoms with van der Waals surface area (Å²) in [6.07, 6.45) is 7.00. The van der Waals surface area contributed by atoms with E-state index in [-0.39, 0.29) is 17.1 Å². The highest BCUT2D eigenvalue weighted by molar-refractivity contribution is 7.91. The number of rotatable bonds is 3. The molecule has 24 heavy (non-hydrogen) atoms. The molecule has 3 heteroatoms. The molecule has 0 saturated heterocycles. The van der Waals surface area contributed by atoms with Gasteiger partial charge in [-0.3, -0.25) is 0 Å². The molecular formula is C21H30O2S. The van der Waals surface area contributed by atoms with Crippen molar-refractivity contribution < 1.29 is 8.42 Å². The van der Waals surface area contributed by atoms with Crippen LogP contribution in [0, 0.1) is 22.7 Å². The molecule has 0 aliphatic heterocycles. The smallest absolute Gasteiger partial charge is 0.178 e. The maximum absolute atomic E-state index is 13.0. The molecule has 3 atom stereocenters. The number of sulfone groups is 1. The van der Waals surface area contributed by atoms with Crippen molar-refractivity contribution >= 4 is 9.84 Å². The molecule has 1 fully saturated rings. The summed E-state index contributed by atoms with van der Waals surface area (Å²) >= 11 is 0. The standard InChI is InChI=1S/C21H30O2S/c1-16-11-12-19-20(2,3)13-8-14-21(19,4)18(16)15-24(22,23)17-9-6-5-7-10-17/h5-7,9-11,18-19H,8,12-15H2,1-4H3/t18-,19?,21-/m1/s1. The molecule has 0 radical (unpaired) electrons. The monoisotopic (exact) mass is 346 g/mol. The van der Waals surface area contributed by atoms with E-state index in [4.69, 9.17) is 0 Å². The Labute approximate surface area is 147 Å². The lowest BCUT2D eigenvalue weighted by Gasteiger charge is -2.56. The van der Waals surface area contributed by atoms with Crippen LogP contribution < -0.4 is 0 Å². The molecule has 1 unspecified atom stereocenters. The van der Waals surface area contributed by atoms with Crippen LogP contribution in [0.2, 0.25) is 0 Å². The second-order valence-electron chi connectivity index (χ2n) is 8.73. The largest absolute Gasteiger partial charge is 0.224 e. The summed E-state index contributed by atoms with van der Waals surface area (Å²) in [4.78, 5) is 0.457. The van der Waals surface area contributed by atoms with Gasteiger partial charge in [0.05, 0.1) is 10.6 Å². The van der Waals surface area contributed by atoms with Gasteiger partial charge in [-0.15, -0.1) is 0 Å². The fourth-order valence-corrected chi connectivity index (χ4v) is 7.25. The third-order valence-corrected chi connectivity index (χ3v) is 8.55. The van der Waals surface area contributed by atoms with Gasteiger partial charge in [0.1, 0.15) is 0 Å². The Morgan fingerprint density at radius 3 is 2.42 bits per heavy atom. The Hall–Kier alpha value is -1.09. The van der Waals surface area contributed by atoms with Crippen molar-refractivity contribution in [3.63, 3.8) is 0 Å². The number of hydrogen-bond donors (Lipinski definition) is 0. The van der Waals surface area contributed by atoms with E-state index in [1.54, 1.807) is 12.1 Å². The Morgan fingerprint density at radius 1 is 1.08 bits per heavy atom. The third kappa shape index (κ3) is 2.96. The summed E-state index contributed by atoms with van der Waals surface area (Å²) in [5.41, 5.74) is 1.65. The summed E-state index contributed by atoms with van der Waals surface area (Å²) in [6, 6.07) is 8.94. The first kappa shape index (κ1) is 17.7. The van der Waals surface area contributed by atoms with E-state index in [0.29, 0.717) is 16.2 Å². The Balaban J connectivity index is 1.97. The molecule has 2 nitrogen and oxygen atoms in total. The minimum Gasteiger partial charge on any atom is -0.224 e. The predicted molar refractivity (Wildman–Crippen MR) is 99.6 cm³/mol. The van der Waals surface area contributed by atoms with Crippen LogP contribution in [0.25, 0.3) is 0 Å². The molecule has 3 rings (SSSR count). The van der Waals surface area contributed by atoms with Crippen molar-refractivity contribution in [3.8, 4) is 0 Å². The summed E-state index contributed by atoms with van der Waals surface area (Å²) in [5.74, 6) is 0.932. The zero-order chi connectivity index (χ0) is 17.6. The number of fused-ring (bicyclic) bond motifs is 1. The Morgan fingerprint density at radius 2 is 1.75 bits per heavy atom. The molecule has 1 saturated carbocycles. The highest BCUT2D eigenvalue weighted by Gasteiger charge is 2.52. The van der Waals surface area contributed by atoms with Crippen LogP contribution in [0.4, 0.5) is 0 Å². The van der Waals surface area contributed by atoms with Gasteiger partial charge in [-0.05, 0) is 61.0 Å². The summed E-state index contributed by atoms with van der Waals surface area (Å²) < 4.78 is 26.0. The van der Waals surface area contributed by atoms with Crippen molar-refractivity contribution in [3.05, 3.63) is 42.0 Å². The molecular weight excluding hydrogens is 316 g/mol. The lowest BCUT2D eigenvalue weighted by Crippen LogP contribution is -2.50. The van der Waals surface area contributed by atoms with Crippen LogP contribution in [-0.2, 0) is 9.84 Å². The molecule has 0 heterocycles. The predicted octanol–water partition coefficient (Wildman–Crippen LogP) is 5.26. The van der Waals surface area contributed by atoms with Gasteiger partial charge >= 0.3 is 0 Å². The maximum atomic E-state index is 13.0. The second kappa shape index (κ2) is 6.01. The maximum Gasteiger partial charge on any atom is 0.178 e. The zero-order valence-electron chi connectivity index (χ0n) is 15.4. The lowest BCUT2D eigenvalue weighted by molar-refractivity contribution is -0.0309. The number of allylic oxidation sites excluding steroid dienone is 2. The third-order valence-electron chi connectivity index (χ3n) is 6.79. The van der Waals surface area contributed by atoms with E-state index in [2.05, 4.69) is 33.8 Å². The number of hydrogen-bond acceptors (Lipinski definition) is 2. The average molecular weight is 347 g/mol. The highest BCUT2D eigenvalue weighted by Crippen LogP contribution is 2.59. The highest BCUT2D eigenvalue weighted by atomic mass is 32.2. The van der Waals surface area contributed by atoms with Crippen LogP contribution in [0.3, 0.4) is 0 Å². The Bertz CT molecular complexity index is 730. The first-order chi connectivity index (χ1) is 11.2. The Kier molecular flexibility index (Phi) is 4.44. The van der Waals surface area contributed by atoms with Gasteiger partial charge in [-0.25, -0.2) is 8.42 Å². The van der Waals surface area contributed by atoms with Gasteiger partial charge in [-0.1, -0.05) is 57.0 Å². The summed E-state index contributed by atoms with van der Waals surface area (Å²) in [6.45, 7) is 9.22. The van der Waals surface area contributed by atoms with Crippen LogP contribution in [0.15, 0.2) is 46.9 Å². The quantitative estimate of drug-likeness (QED) is 0.700. The van der Waals surface area contributed by atoms with Crippen LogP contribution in [0.5, 0.6) is 0 Å². The first-order valence-corrected chi connectivity index (χ1v) is 10.8. The molecule has 0 spiro atoms. The fraction of sp³-hybridized carbons (Fsp3) is 0.619. The van der Waals surface area contributed by atoms with Crippen molar-refractivity contribution in [1.29, 1.82) is 0 Å². The van der Waals surface area contributed by atoms with E-state index < -0.39 is 9.84 Å². The molecule has 132 valence electrons. The summed E-state index contributed by atoms with van der Waals surface area (Å²) in [7, 11) is -3.26. The van der Waals surface area contributed by atoms with Crippen LogP contribution >= 0.6 is 0 Å². The topological polar surface area (TPSA) is 34.1 Å². The minimum atomic E-state index is -3.26. The van der Waals surface area contributed by atoms with E-state index in [9.17, 15) is 8.42 Å². The molecule has 0 bridgehead atoms. The van der Waals surface area contributed by atoms with Crippen molar-refractivity contribution in [2.45, 2.75) is 58.3 Å².